The molecule has 6 nitrogen and oxygen atoms in total. The van der Waals surface area contributed by atoms with E-state index in [1.54, 1.807) is 6.07 Å². The van der Waals surface area contributed by atoms with Crippen LogP contribution in [0.25, 0.3) is 0 Å². The van der Waals surface area contributed by atoms with Gasteiger partial charge in [0.2, 0.25) is 5.95 Å². The smallest absolute Gasteiger partial charge is 0.330 e. The number of nitrogen functional groups attached to an aromatic ring is 1. The highest BCUT2D eigenvalue weighted by atomic mass is 79.9. The Balaban J connectivity index is 2.27. The van der Waals surface area contributed by atoms with Crippen LogP contribution in [0.2, 0.25) is 0 Å². The van der Waals surface area contributed by atoms with Crippen molar-refractivity contribution in [2.45, 2.75) is 0 Å². The minimum Gasteiger partial charge on any atom is -0.467 e. The zero-order chi connectivity index (χ0) is 13.1. The Morgan fingerprint density at radius 2 is 1.94 bits per heavy atom. The van der Waals surface area contributed by atoms with E-state index in [4.69, 9.17) is 15.2 Å². The van der Waals surface area contributed by atoms with Gasteiger partial charge in [-0.25, -0.2) is 4.39 Å². The SMILES string of the molecule is COc1nc(N)nc(Oc2ccc(Br)c(F)c2)n1. The molecule has 1 aromatic heterocycles. The number of nitrogens with zero attached hydrogens (tertiary/aromatic N) is 3. The van der Waals surface area contributed by atoms with Crippen LogP contribution in [0.5, 0.6) is 17.8 Å². The molecule has 0 aliphatic rings. The van der Waals surface area contributed by atoms with Crippen LogP contribution in [0.1, 0.15) is 0 Å². The lowest BCUT2D eigenvalue weighted by atomic mass is 10.3. The van der Waals surface area contributed by atoms with E-state index in [1.165, 1.54) is 19.2 Å². The molecule has 0 atom stereocenters. The molecule has 2 aromatic rings. The highest BCUT2D eigenvalue weighted by molar-refractivity contribution is 9.10. The summed E-state index contributed by atoms with van der Waals surface area (Å²) in [5.41, 5.74) is 5.44. The number of methoxy groups -OCH3 is 1. The standard InChI is InChI=1S/C10H8BrFN4O2/c1-17-9-14-8(13)15-10(16-9)18-5-2-3-6(11)7(12)4-5/h2-4H,1H3,(H2,13,14,15,16). The number of anilines is 1. The van der Waals surface area contributed by atoms with Gasteiger partial charge >= 0.3 is 12.0 Å². The zero-order valence-electron chi connectivity index (χ0n) is 9.22. The van der Waals surface area contributed by atoms with E-state index < -0.39 is 5.82 Å². The van der Waals surface area contributed by atoms with Crippen LogP contribution < -0.4 is 15.2 Å². The number of hydrogen-bond acceptors (Lipinski definition) is 6. The molecule has 0 aliphatic carbocycles. The van der Waals surface area contributed by atoms with Crippen molar-refractivity contribution in [3.05, 3.63) is 28.5 Å². The molecule has 2 N–H and O–H groups in total. The van der Waals surface area contributed by atoms with Crippen molar-refractivity contribution in [2.24, 2.45) is 0 Å². The van der Waals surface area contributed by atoms with Gasteiger partial charge < -0.3 is 15.2 Å². The minimum absolute atomic E-state index is 0.0232. The van der Waals surface area contributed by atoms with Crippen LogP contribution in [-0.2, 0) is 0 Å². The monoisotopic (exact) mass is 314 g/mol. The molecule has 0 spiro atoms. The van der Waals surface area contributed by atoms with Gasteiger partial charge in [0, 0.05) is 6.07 Å². The molecule has 0 fully saturated rings. The van der Waals surface area contributed by atoms with Crippen LogP contribution in [0.4, 0.5) is 10.3 Å². The van der Waals surface area contributed by atoms with Crippen molar-refractivity contribution < 1.29 is 13.9 Å². The number of hydrogen-bond donors (Lipinski definition) is 1. The van der Waals surface area contributed by atoms with E-state index in [9.17, 15) is 4.39 Å². The largest absolute Gasteiger partial charge is 0.467 e. The van der Waals surface area contributed by atoms with Crippen molar-refractivity contribution in [1.29, 1.82) is 0 Å². The van der Waals surface area contributed by atoms with E-state index in [0.29, 0.717) is 4.47 Å². The molecule has 0 saturated heterocycles. The van der Waals surface area contributed by atoms with E-state index in [0.717, 1.165) is 0 Å². The maximum atomic E-state index is 13.3. The zero-order valence-corrected chi connectivity index (χ0v) is 10.8. The number of benzene rings is 1. The average Bonchev–Trinajstić information content (AvgIpc) is 2.33. The summed E-state index contributed by atoms with van der Waals surface area (Å²) in [5.74, 6) is -0.265. The summed E-state index contributed by atoms with van der Waals surface area (Å²) in [4.78, 5) is 11.3. The summed E-state index contributed by atoms with van der Waals surface area (Å²) in [6.07, 6.45) is 0. The number of aromatic nitrogens is 3. The Bertz CT molecular complexity index is 582. The molecule has 8 heteroatoms. The Labute approximate surface area is 110 Å². The van der Waals surface area contributed by atoms with Crippen LogP contribution >= 0.6 is 15.9 Å². The molecular weight excluding hydrogens is 307 g/mol. The van der Waals surface area contributed by atoms with E-state index in [-0.39, 0.29) is 23.7 Å². The molecule has 2 rings (SSSR count). The third kappa shape index (κ3) is 2.83. The lowest BCUT2D eigenvalue weighted by Gasteiger charge is -2.05. The first-order chi connectivity index (χ1) is 8.58. The molecule has 0 radical (unpaired) electrons. The summed E-state index contributed by atoms with van der Waals surface area (Å²) in [6.45, 7) is 0. The maximum absolute atomic E-state index is 13.3. The number of nitrogens with two attached hydrogens (primary N) is 1. The molecule has 0 bridgehead atoms. The van der Waals surface area contributed by atoms with Gasteiger partial charge in [-0.1, -0.05) is 0 Å². The predicted octanol–water partition coefficient (Wildman–Crippen LogP) is 2.16. The molecule has 0 aliphatic heterocycles. The second-order valence-corrected chi connectivity index (χ2v) is 4.00. The average molecular weight is 315 g/mol. The highest BCUT2D eigenvalue weighted by Crippen LogP contribution is 2.24. The quantitative estimate of drug-likeness (QED) is 0.934. The summed E-state index contributed by atoms with van der Waals surface area (Å²) in [6, 6.07) is 4.21. The van der Waals surface area contributed by atoms with E-state index >= 15 is 0 Å². The van der Waals surface area contributed by atoms with Gasteiger partial charge in [-0.15, -0.1) is 4.98 Å². The molecule has 0 amide bonds. The van der Waals surface area contributed by atoms with Crippen molar-refractivity contribution in [2.75, 3.05) is 12.8 Å². The second kappa shape index (κ2) is 5.13. The summed E-state index contributed by atoms with van der Waals surface area (Å²) < 4.78 is 23.7. The van der Waals surface area contributed by atoms with Crippen LogP contribution in [0, 0.1) is 5.82 Å². The van der Waals surface area contributed by atoms with Crippen LogP contribution in [0.3, 0.4) is 0 Å². The summed E-state index contributed by atoms with van der Waals surface area (Å²) in [5, 5.41) is 0. The molecule has 0 saturated carbocycles. The fourth-order valence-corrected chi connectivity index (χ4v) is 1.38. The Morgan fingerprint density at radius 3 is 2.61 bits per heavy atom. The lowest BCUT2D eigenvalue weighted by molar-refractivity contribution is 0.360. The second-order valence-electron chi connectivity index (χ2n) is 3.14. The minimum atomic E-state index is -0.457. The van der Waals surface area contributed by atoms with Crippen molar-refractivity contribution in [3.8, 4) is 17.8 Å². The number of ether oxygens (including phenoxy) is 2. The number of halogens is 2. The van der Waals surface area contributed by atoms with Crippen molar-refractivity contribution in [3.63, 3.8) is 0 Å². The predicted molar refractivity (Wildman–Crippen MR) is 65.0 cm³/mol. The van der Waals surface area contributed by atoms with Crippen molar-refractivity contribution in [1.82, 2.24) is 15.0 Å². The lowest BCUT2D eigenvalue weighted by Crippen LogP contribution is -2.02. The van der Waals surface area contributed by atoms with Crippen molar-refractivity contribution >= 4 is 21.9 Å². The number of rotatable bonds is 3. The third-order valence-corrected chi connectivity index (χ3v) is 2.54. The van der Waals surface area contributed by atoms with Gasteiger partial charge in [0.25, 0.3) is 0 Å². The van der Waals surface area contributed by atoms with Gasteiger partial charge in [0.1, 0.15) is 11.6 Å². The first-order valence-corrected chi connectivity index (χ1v) is 5.56. The fourth-order valence-electron chi connectivity index (χ4n) is 1.14. The van der Waals surface area contributed by atoms with Gasteiger partial charge in [-0.2, -0.15) is 9.97 Å². The normalized spacial score (nSPS) is 10.2. The first-order valence-electron chi connectivity index (χ1n) is 4.77. The Kier molecular flexibility index (Phi) is 3.56. The molecule has 18 heavy (non-hydrogen) atoms. The highest BCUT2D eigenvalue weighted by Gasteiger charge is 2.08. The molecular formula is C10H8BrFN4O2. The molecule has 1 heterocycles. The van der Waals surface area contributed by atoms with E-state index in [2.05, 4.69) is 30.9 Å². The topological polar surface area (TPSA) is 83.2 Å². The Hall–Kier alpha value is -1.96. The molecule has 94 valence electrons. The van der Waals surface area contributed by atoms with Crippen LogP contribution in [-0.4, -0.2) is 22.1 Å². The molecule has 0 unspecified atom stereocenters. The van der Waals surface area contributed by atoms with Gasteiger partial charge in [-0.05, 0) is 28.1 Å². The van der Waals surface area contributed by atoms with Gasteiger partial charge in [-0.3, -0.25) is 0 Å². The maximum Gasteiger partial charge on any atom is 0.330 e. The summed E-state index contributed by atoms with van der Waals surface area (Å²) >= 11 is 3.04. The Morgan fingerprint density at radius 1 is 1.22 bits per heavy atom. The van der Waals surface area contributed by atoms with E-state index in [1.807, 2.05) is 0 Å². The molecule has 1 aromatic carbocycles. The van der Waals surface area contributed by atoms with Crippen LogP contribution in [0.15, 0.2) is 22.7 Å². The summed E-state index contributed by atoms with van der Waals surface area (Å²) in [7, 11) is 1.39. The first kappa shape index (κ1) is 12.5. The fraction of sp³-hybridized carbons (Fsp3) is 0.100. The van der Waals surface area contributed by atoms with Gasteiger partial charge in [0.15, 0.2) is 0 Å². The van der Waals surface area contributed by atoms with Gasteiger partial charge in [0.05, 0.1) is 11.6 Å². The third-order valence-electron chi connectivity index (χ3n) is 1.89.